The Morgan fingerprint density at radius 3 is 1.50 bits per heavy atom. The fourth-order valence-electron chi connectivity index (χ4n) is 1.64. The zero-order valence-electron chi connectivity index (χ0n) is 10.6. The summed E-state index contributed by atoms with van der Waals surface area (Å²) in [7, 11) is -4.67. The van der Waals surface area contributed by atoms with Gasteiger partial charge in [0, 0.05) is 11.4 Å². The Hall–Kier alpha value is -2.09. The maximum atomic E-state index is 8.74. The second-order valence-electron chi connectivity index (χ2n) is 4.11. The van der Waals surface area contributed by atoms with Gasteiger partial charge in [0.25, 0.3) is 0 Å². The second kappa shape index (κ2) is 6.90. The van der Waals surface area contributed by atoms with Crippen molar-refractivity contribution in [2.24, 2.45) is 0 Å². The van der Waals surface area contributed by atoms with Gasteiger partial charge in [-0.15, -0.1) is 0 Å². The Balaban J connectivity index is 0.000000347. The molecule has 0 amide bonds. The zero-order chi connectivity index (χ0) is 15.2. The molecular weight excluding hydrogens is 280 g/mol. The van der Waals surface area contributed by atoms with Gasteiger partial charge in [-0.25, -0.2) is 0 Å². The number of nitrogens with two attached hydrogens (primary N) is 2. The lowest BCUT2D eigenvalue weighted by Gasteiger charge is -2.03. The molecule has 6 N–H and O–H groups in total. The third-order valence-electron chi connectivity index (χ3n) is 2.31. The van der Waals surface area contributed by atoms with Gasteiger partial charge in [0.1, 0.15) is 0 Å². The number of nitrogen functional groups attached to an aromatic ring is 2. The summed E-state index contributed by atoms with van der Waals surface area (Å²) in [6.07, 6.45) is 0.871. The van der Waals surface area contributed by atoms with E-state index in [-0.39, 0.29) is 0 Å². The first-order valence-corrected chi connectivity index (χ1v) is 7.02. The highest BCUT2D eigenvalue weighted by Crippen LogP contribution is 2.14. The van der Waals surface area contributed by atoms with Crippen molar-refractivity contribution in [2.75, 3.05) is 11.5 Å². The highest BCUT2D eigenvalue weighted by Gasteiger charge is 1.97. The van der Waals surface area contributed by atoms with Gasteiger partial charge in [-0.1, -0.05) is 24.3 Å². The molecule has 2 aromatic rings. The second-order valence-corrected chi connectivity index (χ2v) is 5.01. The molecule has 0 saturated heterocycles. The Morgan fingerprint density at radius 2 is 1.20 bits per heavy atom. The van der Waals surface area contributed by atoms with Crippen molar-refractivity contribution in [1.29, 1.82) is 0 Å². The van der Waals surface area contributed by atoms with Crippen molar-refractivity contribution < 1.29 is 17.5 Å². The molecule has 0 aliphatic carbocycles. The highest BCUT2D eigenvalue weighted by molar-refractivity contribution is 7.79. The van der Waals surface area contributed by atoms with Crippen LogP contribution in [0.3, 0.4) is 0 Å². The average molecular weight is 296 g/mol. The molecule has 0 saturated carbocycles. The first-order valence-electron chi connectivity index (χ1n) is 5.63. The standard InChI is InChI=1S/C13H14N2.H2O4S/c14-12-5-1-3-10(8-12)7-11-4-2-6-13(15)9-11;1-5(2,3)4/h1-6,8-9H,7,14-15H2;(H2,1,2,3,4). The van der Waals surface area contributed by atoms with E-state index in [1.807, 2.05) is 36.4 Å². The van der Waals surface area contributed by atoms with Crippen LogP contribution in [0.2, 0.25) is 0 Å². The SMILES string of the molecule is Nc1cccc(Cc2cccc(N)c2)c1.O=S(=O)(O)O. The smallest absolute Gasteiger partial charge is 0.394 e. The van der Waals surface area contributed by atoms with Crippen LogP contribution in [0.5, 0.6) is 0 Å². The fourth-order valence-corrected chi connectivity index (χ4v) is 1.64. The summed E-state index contributed by atoms with van der Waals surface area (Å²) in [6, 6.07) is 15.8. The number of hydrogen-bond donors (Lipinski definition) is 4. The van der Waals surface area contributed by atoms with E-state index in [1.165, 1.54) is 11.1 Å². The van der Waals surface area contributed by atoms with E-state index in [0.29, 0.717) is 0 Å². The van der Waals surface area contributed by atoms with E-state index < -0.39 is 10.4 Å². The number of benzene rings is 2. The quantitative estimate of drug-likeness (QED) is 0.494. The lowest BCUT2D eigenvalue weighted by atomic mass is 10.0. The van der Waals surface area contributed by atoms with E-state index >= 15 is 0 Å². The van der Waals surface area contributed by atoms with Gasteiger partial charge in [-0.05, 0) is 41.8 Å². The first-order chi connectivity index (χ1) is 9.24. The summed E-state index contributed by atoms with van der Waals surface area (Å²) in [5, 5.41) is 0. The van der Waals surface area contributed by atoms with Crippen LogP contribution in [0.4, 0.5) is 11.4 Å². The van der Waals surface area contributed by atoms with Gasteiger partial charge in [-0.3, -0.25) is 9.11 Å². The van der Waals surface area contributed by atoms with Crippen molar-refractivity contribution in [3.05, 3.63) is 59.7 Å². The summed E-state index contributed by atoms with van der Waals surface area (Å²) in [4.78, 5) is 0. The molecule has 20 heavy (non-hydrogen) atoms. The molecule has 0 aliphatic rings. The molecule has 2 aromatic carbocycles. The number of hydrogen-bond acceptors (Lipinski definition) is 4. The third-order valence-corrected chi connectivity index (χ3v) is 2.31. The third kappa shape index (κ3) is 7.37. The molecule has 108 valence electrons. The minimum absolute atomic E-state index is 0.802. The predicted octanol–water partition coefficient (Wildman–Crippen LogP) is 1.79. The van der Waals surface area contributed by atoms with Crippen LogP contribution < -0.4 is 11.5 Å². The van der Waals surface area contributed by atoms with Crippen LogP contribution in [0, 0.1) is 0 Å². The van der Waals surface area contributed by atoms with Gasteiger partial charge < -0.3 is 11.5 Å². The van der Waals surface area contributed by atoms with E-state index in [4.69, 9.17) is 29.0 Å². The van der Waals surface area contributed by atoms with E-state index in [0.717, 1.165) is 17.8 Å². The topological polar surface area (TPSA) is 127 Å². The van der Waals surface area contributed by atoms with Gasteiger partial charge in [0.05, 0.1) is 0 Å². The lowest BCUT2D eigenvalue weighted by Crippen LogP contribution is -1.92. The molecular formula is C13H16N2O4S. The van der Waals surface area contributed by atoms with E-state index in [2.05, 4.69) is 12.1 Å². The van der Waals surface area contributed by atoms with E-state index in [1.54, 1.807) is 0 Å². The maximum Gasteiger partial charge on any atom is 0.394 e. The largest absolute Gasteiger partial charge is 0.399 e. The summed E-state index contributed by atoms with van der Waals surface area (Å²) >= 11 is 0. The minimum Gasteiger partial charge on any atom is -0.399 e. The first kappa shape index (κ1) is 16.0. The minimum atomic E-state index is -4.67. The van der Waals surface area contributed by atoms with Gasteiger partial charge in [0.15, 0.2) is 0 Å². The molecule has 0 fully saturated rings. The van der Waals surface area contributed by atoms with Gasteiger partial charge in [-0.2, -0.15) is 8.42 Å². The summed E-state index contributed by atoms with van der Waals surface area (Å²) in [6.45, 7) is 0. The Morgan fingerprint density at radius 1 is 0.850 bits per heavy atom. The normalized spacial score (nSPS) is 10.5. The molecule has 0 heterocycles. The van der Waals surface area contributed by atoms with Crippen LogP contribution in [0.25, 0.3) is 0 Å². The summed E-state index contributed by atoms with van der Waals surface area (Å²) < 4.78 is 31.6. The van der Waals surface area contributed by atoms with Gasteiger partial charge in [0.2, 0.25) is 0 Å². The number of rotatable bonds is 2. The Kier molecular flexibility index (Phi) is 5.51. The maximum absolute atomic E-state index is 8.74. The summed E-state index contributed by atoms with van der Waals surface area (Å²) in [5.74, 6) is 0. The monoisotopic (exact) mass is 296 g/mol. The molecule has 0 bridgehead atoms. The molecule has 0 atom stereocenters. The Labute approximate surface area is 117 Å². The van der Waals surface area contributed by atoms with Crippen molar-refractivity contribution in [3.63, 3.8) is 0 Å². The van der Waals surface area contributed by atoms with Crippen LogP contribution in [-0.2, 0) is 16.8 Å². The van der Waals surface area contributed by atoms with Gasteiger partial charge >= 0.3 is 10.4 Å². The molecule has 0 aromatic heterocycles. The molecule has 0 aliphatic heterocycles. The number of anilines is 2. The van der Waals surface area contributed by atoms with Crippen molar-refractivity contribution in [1.82, 2.24) is 0 Å². The fraction of sp³-hybridized carbons (Fsp3) is 0.0769. The van der Waals surface area contributed by atoms with Crippen molar-refractivity contribution in [2.45, 2.75) is 6.42 Å². The lowest BCUT2D eigenvalue weighted by molar-refractivity contribution is 0.381. The summed E-state index contributed by atoms with van der Waals surface area (Å²) in [5.41, 5.74) is 15.5. The molecule has 0 radical (unpaired) electrons. The van der Waals surface area contributed by atoms with Crippen molar-refractivity contribution >= 4 is 21.8 Å². The average Bonchev–Trinajstić information content (AvgIpc) is 2.26. The molecule has 0 unspecified atom stereocenters. The van der Waals surface area contributed by atoms with Crippen LogP contribution in [0.1, 0.15) is 11.1 Å². The molecule has 2 rings (SSSR count). The van der Waals surface area contributed by atoms with Crippen LogP contribution in [0.15, 0.2) is 48.5 Å². The molecule has 7 heteroatoms. The highest BCUT2D eigenvalue weighted by atomic mass is 32.3. The van der Waals surface area contributed by atoms with E-state index in [9.17, 15) is 0 Å². The predicted molar refractivity (Wildman–Crippen MR) is 78.7 cm³/mol. The molecule has 6 nitrogen and oxygen atoms in total. The van der Waals surface area contributed by atoms with Crippen LogP contribution >= 0.6 is 0 Å². The Bertz CT molecular complexity index is 620. The van der Waals surface area contributed by atoms with Crippen molar-refractivity contribution in [3.8, 4) is 0 Å². The van der Waals surface area contributed by atoms with Crippen LogP contribution in [-0.4, -0.2) is 17.5 Å². The molecule has 0 spiro atoms. The zero-order valence-corrected chi connectivity index (χ0v) is 11.4.